The number of hydrogen-bond donors (Lipinski definition) is 2. The van der Waals surface area contributed by atoms with Gasteiger partial charge in [0.05, 0.1) is 0 Å². The second kappa shape index (κ2) is 6.85. The molecule has 21 heavy (non-hydrogen) atoms. The van der Waals surface area contributed by atoms with Crippen LogP contribution in [0.15, 0.2) is 42.6 Å². The number of nitrogens with one attached hydrogen (secondary N) is 1. The third-order valence-electron chi connectivity index (χ3n) is 3.23. The first-order valence-electron chi connectivity index (χ1n) is 6.92. The lowest BCUT2D eigenvalue weighted by Crippen LogP contribution is -2.24. The van der Waals surface area contributed by atoms with E-state index < -0.39 is 0 Å². The lowest BCUT2D eigenvalue weighted by molar-refractivity contribution is 0.0951. The van der Waals surface area contributed by atoms with Crippen molar-refractivity contribution in [1.29, 1.82) is 0 Å². The highest BCUT2D eigenvalue weighted by atomic mass is 16.1. The molecule has 2 aromatic rings. The van der Waals surface area contributed by atoms with Gasteiger partial charge in [-0.15, -0.1) is 0 Å². The molecule has 2 rings (SSSR count). The largest absolute Gasteiger partial charge is 0.351 e. The van der Waals surface area contributed by atoms with Crippen molar-refractivity contribution in [3.05, 3.63) is 53.9 Å². The van der Waals surface area contributed by atoms with Crippen molar-refractivity contribution in [2.75, 3.05) is 18.5 Å². The van der Waals surface area contributed by atoms with E-state index in [0.29, 0.717) is 18.8 Å². The summed E-state index contributed by atoms with van der Waals surface area (Å²) in [5, 5.41) is 2.75. The molecule has 110 valence electrons. The van der Waals surface area contributed by atoms with Gasteiger partial charge >= 0.3 is 0 Å². The minimum atomic E-state index is -0.163. The van der Waals surface area contributed by atoms with Crippen LogP contribution in [-0.2, 0) is 6.54 Å². The second-order valence-electron chi connectivity index (χ2n) is 4.69. The summed E-state index contributed by atoms with van der Waals surface area (Å²) in [6.45, 7) is 2.97. The maximum atomic E-state index is 11.8. The molecule has 1 aromatic heterocycles. The van der Waals surface area contributed by atoms with Crippen LogP contribution < -0.4 is 16.0 Å². The summed E-state index contributed by atoms with van der Waals surface area (Å²) >= 11 is 0. The van der Waals surface area contributed by atoms with Crippen LogP contribution in [-0.4, -0.2) is 24.5 Å². The number of nitrogens with two attached hydrogens (primary N) is 1. The van der Waals surface area contributed by atoms with E-state index in [-0.39, 0.29) is 5.91 Å². The van der Waals surface area contributed by atoms with Gasteiger partial charge in [-0.3, -0.25) is 9.78 Å². The van der Waals surface area contributed by atoms with E-state index in [1.54, 1.807) is 12.3 Å². The molecule has 5 nitrogen and oxygen atoms in total. The number of anilines is 2. The highest BCUT2D eigenvalue weighted by Crippen LogP contribution is 2.24. The zero-order chi connectivity index (χ0) is 15.2. The Morgan fingerprint density at radius 1 is 1.29 bits per heavy atom. The highest BCUT2D eigenvalue weighted by molar-refractivity contribution is 5.93. The van der Waals surface area contributed by atoms with E-state index in [4.69, 9.17) is 5.73 Å². The topological polar surface area (TPSA) is 71.2 Å². The fourth-order valence-corrected chi connectivity index (χ4v) is 2.04. The second-order valence-corrected chi connectivity index (χ2v) is 4.69. The number of amides is 1. The Balaban J connectivity index is 2.28. The minimum Gasteiger partial charge on any atom is -0.351 e. The van der Waals surface area contributed by atoms with E-state index in [1.165, 1.54) is 0 Å². The van der Waals surface area contributed by atoms with Gasteiger partial charge in [-0.25, -0.2) is 0 Å². The zero-order valence-corrected chi connectivity index (χ0v) is 12.3. The van der Waals surface area contributed by atoms with Crippen LogP contribution in [0.1, 0.15) is 23.0 Å². The molecule has 0 bridgehead atoms. The maximum absolute atomic E-state index is 11.8. The van der Waals surface area contributed by atoms with Crippen LogP contribution in [0.5, 0.6) is 0 Å². The molecule has 0 aliphatic carbocycles. The van der Waals surface area contributed by atoms with Gasteiger partial charge < -0.3 is 16.0 Å². The van der Waals surface area contributed by atoms with Crippen molar-refractivity contribution in [3.63, 3.8) is 0 Å². The summed E-state index contributed by atoms with van der Waals surface area (Å²) in [4.78, 5) is 18.0. The Hall–Kier alpha value is -2.40. The number of hydrogen-bond acceptors (Lipinski definition) is 4. The van der Waals surface area contributed by atoms with Crippen LogP contribution in [0.4, 0.5) is 11.4 Å². The number of carbonyl (C=O) groups excluding carboxylic acids is 1. The van der Waals surface area contributed by atoms with Crippen molar-refractivity contribution < 1.29 is 4.79 Å². The molecule has 0 aliphatic rings. The van der Waals surface area contributed by atoms with E-state index in [0.717, 1.165) is 16.9 Å². The first-order valence-corrected chi connectivity index (χ1v) is 6.92. The van der Waals surface area contributed by atoms with Crippen LogP contribution in [0, 0.1) is 0 Å². The van der Waals surface area contributed by atoms with E-state index in [9.17, 15) is 4.79 Å². The summed E-state index contributed by atoms with van der Waals surface area (Å²) in [5.41, 5.74) is 9.08. The van der Waals surface area contributed by atoms with E-state index >= 15 is 0 Å². The van der Waals surface area contributed by atoms with Crippen LogP contribution >= 0.6 is 0 Å². The standard InChI is InChI=1S/C16H20N4O/c1-3-18-16(21)15-10-14(7-8-19-15)20(2)13-6-4-5-12(9-13)11-17/h4-10H,3,11,17H2,1-2H3,(H,18,21). The Morgan fingerprint density at radius 2 is 2.05 bits per heavy atom. The Morgan fingerprint density at radius 3 is 2.76 bits per heavy atom. The fraction of sp³-hybridized carbons (Fsp3) is 0.250. The molecule has 0 spiro atoms. The van der Waals surface area contributed by atoms with Gasteiger partial charge in [0.1, 0.15) is 5.69 Å². The van der Waals surface area contributed by atoms with Crippen LogP contribution in [0.25, 0.3) is 0 Å². The lowest BCUT2D eigenvalue weighted by atomic mass is 10.2. The van der Waals surface area contributed by atoms with E-state index in [1.807, 2.05) is 49.2 Å². The molecule has 1 aromatic carbocycles. The van der Waals surface area contributed by atoms with Crippen LogP contribution in [0.2, 0.25) is 0 Å². The van der Waals surface area contributed by atoms with Gasteiger partial charge in [-0.2, -0.15) is 0 Å². The van der Waals surface area contributed by atoms with Crippen molar-refractivity contribution in [1.82, 2.24) is 10.3 Å². The molecule has 1 heterocycles. The minimum absolute atomic E-state index is 0.163. The third kappa shape index (κ3) is 3.58. The number of nitrogens with zero attached hydrogens (tertiary/aromatic N) is 2. The van der Waals surface area contributed by atoms with E-state index in [2.05, 4.69) is 10.3 Å². The van der Waals surface area contributed by atoms with Crippen molar-refractivity contribution in [2.45, 2.75) is 13.5 Å². The molecular formula is C16H20N4O. The van der Waals surface area contributed by atoms with Gasteiger partial charge in [-0.1, -0.05) is 12.1 Å². The lowest BCUT2D eigenvalue weighted by Gasteiger charge is -2.20. The average molecular weight is 284 g/mol. The third-order valence-corrected chi connectivity index (χ3v) is 3.23. The van der Waals surface area contributed by atoms with Crippen molar-refractivity contribution in [3.8, 4) is 0 Å². The predicted octanol–water partition coefficient (Wildman–Crippen LogP) is 2.06. The predicted molar refractivity (Wildman–Crippen MR) is 84.6 cm³/mol. The van der Waals surface area contributed by atoms with Gasteiger partial charge in [-0.05, 0) is 36.8 Å². The first kappa shape index (κ1) is 15.0. The average Bonchev–Trinajstić information content (AvgIpc) is 2.54. The first-order chi connectivity index (χ1) is 10.2. The normalized spacial score (nSPS) is 10.2. The molecule has 0 saturated heterocycles. The number of benzene rings is 1. The van der Waals surface area contributed by atoms with Gasteiger partial charge in [0.25, 0.3) is 5.91 Å². The molecule has 0 saturated carbocycles. The molecule has 5 heteroatoms. The molecule has 0 atom stereocenters. The molecule has 3 N–H and O–H groups in total. The molecule has 1 amide bonds. The monoisotopic (exact) mass is 284 g/mol. The Labute approximate surface area is 124 Å². The Kier molecular flexibility index (Phi) is 4.90. The number of rotatable bonds is 5. The summed E-state index contributed by atoms with van der Waals surface area (Å²) in [5.74, 6) is -0.163. The summed E-state index contributed by atoms with van der Waals surface area (Å²) in [6, 6.07) is 11.7. The van der Waals surface area contributed by atoms with Crippen LogP contribution in [0.3, 0.4) is 0 Å². The quantitative estimate of drug-likeness (QED) is 0.881. The molecule has 0 fully saturated rings. The molecule has 0 unspecified atom stereocenters. The number of aromatic nitrogens is 1. The number of carbonyl (C=O) groups is 1. The molecular weight excluding hydrogens is 264 g/mol. The van der Waals surface area contributed by atoms with Gasteiger partial charge in [0.15, 0.2) is 0 Å². The smallest absolute Gasteiger partial charge is 0.269 e. The SMILES string of the molecule is CCNC(=O)c1cc(N(C)c2cccc(CN)c2)ccn1. The summed E-state index contributed by atoms with van der Waals surface area (Å²) in [6.07, 6.45) is 1.64. The summed E-state index contributed by atoms with van der Waals surface area (Å²) < 4.78 is 0. The van der Waals surface area contributed by atoms with Crippen molar-refractivity contribution >= 4 is 17.3 Å². The van der Waals surface area contributed by atoms with Crippen molar-refractivity contribution in [2.24, 2.45) is 5.73 Å². The van der Waals surface area contributed by atoms with Gasteiger partial charge in [0, 0.05) is 37.7 Å². The summed E-state index contributed by atoms with van der Waals surface area (Å²) in [7, 11) is 1.95. The molecule has 0 radical (unpaired) electrons. The highest BCUT2D eigenvalue weighted by Gasteiger charge is 2.10. The maximum Gasteiger partial charge on any atom is 0.269 e. The Bertz CT molecular complexity index is 627. The number of pyridine rings is 1. The molecule has 0 aliphatic heterocycles. The zero-order valence-electron chi connectivity index (χ0n) is 12.3. The fourth-order valence-electron chi connectivity index (χ4n) is 2.04. The van der Waals surface area contributed by atoms with Gasteiger partial charge in [0.2, 0.25) is 0 Å².